The molecule has 27 heavy (non-hydrogen) atoms. The number of alkyl halides is 4. The van der Waals surface area contributed by atoms with Gasteiger partial charge in [0.25, 0.3) is 12.9 Å². The molecule has 2 aromatic rings. The first-order chi connectivity index (χ1) is 12.8. The van der Waals surface area contributed by atoms with Gasteiger partial charge in [0.2, 0.25) is 5.91 Å². The molecule has 1 saturated heterocycles. The molecule has 0 aliphatic carbocycles. The molecule has 0 unspecified atom stereocenters. The zero-order chi connectivity index (χ0) is 19.6. The highest BCUT2D eigenvalue weighted by atomic mass is 19.3. The number of nitrogens with zero attached hydrogens (tertiary/aromatic N) is 6. The normalized spacial score (nSPS) is 15.9. The average Bonchev–Trinajstić information content (AvgIpc) is 3.22. The van der Waals surface area contributed by atoms with Gasteiger partial charge in [-0.1, -0.05) is 0 Å². The summed E-state index contributed by atoms with van der Waals surface area (Å²) < 4.78 is 53.8. The summed E-state index contributed by atoms with van der Waals surface area (Å²) in [5.74, 6) is -0.415. The molecule has 0 spiro atoms. The van der Waals surface area contributed by atoms with Crippen LogP contribution in [0.4, 0.5) is 17.6 Å². The highest BCUT2D eigenvalue weighted by molar-refractivity contribution is 5.76. The Labute approximate surface area is 153 Å². The zero-order valence-corrected chi connectivity index (χ0v) is 14.7. The highest BCUT2D eigenvalue weighted by Gasteiger charge is 2.26. The first kappa shape index (κ1) is 19.3. The van der Waals surface area contributed by atoms with Crippen LogP contribution in [-0.2, 0) is 24.9 Å². The Morgan fingerprint density at radius 3 is 2.41 bits per heavy atom. The number of halogens is 4. The number of carbonyl (C=O) groups is 1. The highest BCUT2D eigenvalue weighted by Crippen LogP contribution is 2.25. The summed E-state index contributed by atoms with van der Waals surface area (Å²) in [6.45, 7) is 2.36. The summed E-state index contributed by atoms with van der Waals surface area (Å²) >= 11 is 0. The lowest BCUT2D eigenvalue weighted by atomic mass is 10.2. The van der Waals surface area contributed by atoms with Crippen molar-refractivity contribution in [3.8, 4) is 0 Å². The largest absolute Gasteiger partial charge is 0.339 e. The average molecular weight is 388 g/mol. The van der Waals surface area contributed by atoms with Crippen LogP contribution in [0, 0.1) is 0 Å². The molecule has 1 fully saturated rings. The molecule has 7 nitrogen and oxygen atoms in total. The molecule has 3 heterocycles. The van der Waals surface area contributed by atoms with E-state index in [9.17, 15) is 22.4 Å². The molecule has 2 aromatic heterocycles. The van der Waals surface area contributed by atoms with Crippen LogP contribution >= 0.6 is 0 Å². The van der Waals surface area contributed by atoms with Crippen molar-refractivity contribution >= 4 is 5.91 Å². The summed E-state index contributed by atoms with van der Waals surface area (Å²) in [5, 5.41) is 7.57. The number of aromatic nitrogens is 4. The lowest BCUT2D eigenvalue weighted by Crippen LogP contribution is -2.49. The third-order valence-electron chi connectivity index (χ3n) is 4.45. The van der Waals surface area contributed by atoms with Crippen molar-refractivity contribution in [1.82, 2.24) is 29.4 Å². The van der Waals surface area contributed by atoms with Crippen LogP contribution < -0.4 is 0 Å². The van der Waals surface area contributed by atoms with Crippen molar-refractivity contribution in [1.29, 1.82) is 0 Å². The maximum absolute atomic E-state index is 13.0. The molecular formula is C16H20F4N6O. The van der Waals surface area contributed by atoms with Crippen molar-refractivity contribution in [2.24, 2.45) is 7.05 Å². The zero-order valence-electron chi connectivity index (χ0n) is 14.7. The molecular weight excluding hydrogens is 368 g/mol. The Balaban J connectivity index is 1.56. The maximum Gasteiger partial charge on any atom is 0.282 e. The van der Waals surface area contributed by atoms with E-state index in [0.29, 0.717) is 43.5 Å². The van der Waals surface area contributed by atoms with E-state index in [1.165, 1.54) is 0 Å². The van der Waals surface area contributed by atoms with Crippen molar-refractivity contribution in [2.75, 3.05) is 26.2 Å². The van der Waals surface area contributed by atoms with Gasteiger partial charge in [-0.05, 0) is 6.07 Å². The second kappa shape index (κ2) is 8.07. The Morgan fingerprint density at radius 1 is 1.15 bits per heavy atom. The van der Waals surface area contributed by atoms with Gasteiger partial charge in [-0.3, -0.25) is 19.1 Å². The van der Waals surface area contributed by atoms with E-state index in [4.69, 9.17) is 0 Å². The minimum atomic E-state index is -2.98. The fourth-order valence-electron chi connectivity index (χ4n) is 3.06. The van der Waals surface area contributed by atoms with Crippen molar-refractivity contribution in [2.45, 2.75) is 25.9 Å². The third kappa shape index (κ3) is 4.65. The van der Waals surface area contributed by atoms with Gasteiger partial charge in [0.05, 0.1) is 6.20 Å². The number of aryl methyl sites for hydroxylation is 1. The first-order valence-electron chi connectivity index (χ1n) is 8.45. The number of hydrogen-bond acceptors (Lipinski definition) is 4. The smallest absolute Gasteiger partial charge is 0.282 e. The van der Waals surface area contributed by atoms with Gasteiger partial charge >= 0.3 is 0 Å². The minimum Gasteiger partial charge on any atom is -0.339 e. The second-order valence-electron chi connectivity index (χ2n) is 6.43. The molecule has 11 heteroatoms. The summed E-state index contributed by atoms with van der Waals surface area (Å²) in [4.78, 5) is 16.1. The van der Waals surface area contributed by atoms with Crippen LogP contribution in [0.2, 0.25) is 0 Å². The molecule has 1 aliphatic rings. The van der Waals surface area contributed by atoms with Gasteiger partial charge in [0.15, 0.2) is 0 Å². The molecule has 0 N–H and O–H groups in total. The molecule has 0 atom stereocenters. The predicted octanol–water partition coefficient (Wildman–Crippen LogP) is 1.84. The minimum absolute atomic E-state index is 0.415. The number of amides is 1. The number of rotatable bonds is 6. The fraction of sp³-hybridized carbons (Fsp3) is 0.562. The van der Waals surface area contributed by atoms with E-state index in [2.05, 4.69) is 15.1 Å². The van der Waals surface area contributed by atoms with Gasteiger partial charge < -0.3 is 4.90 Å². The van der Waals surface area contributed by atoms with Crippen LogP contribution in [0.25, 0.3) is 0 Å². The summed E-state index contributed by atoms with van der Waals surface area (Å²) in [6.07, 6.45) is -2.24. The lowest BCUT2D eigenvalue weighted by molar-refractivity contribution is -0.134. The molecule has 1 amide bonds. The van der Waals surface area contributed by atoms with Crippen molar-refractivity contribution in [3.05, 3.63) is 35.4 Å². The second-order valence-corrected chi connectivity index (χ2v) is 6.43. The Kier molecular flexibility index (Phi) is 5.78. The third-order valence-corrected chi connectivity index (χ3v) is 4.45. The summed E-state index contributed by atoms with van der Waals surface area (Å²) in [7, 11) is 1.84. The lowest BCUT2D eigenvalue weighted by Gasteiger charge is -2.34. The molecule has 0 saturated carbocycles. The summed E-state index contributed by atoms with van der Waals surface area (Å²) in [5.41, 5.74) is -0.358. The van der Waals surface area contributed by atoms with E-state index in [1.807, 2.05) is 13.2 Å². The molecule has 148 valence electrons. The van der Waals surface area contributed by atoms with Crippen LogP contribution in [0.3, 0.4) is 0 Å². The van der Waals surface area contributed by atoms with Gasteiger partial charge in [0, 0.05) is 51.5 Å². The monoisotopic (exact) mass is 388 g/mol. The van der Waals surface area contributed by atoms with Crippen molar-refractivity contribution < 1.29 is 22.4 Å². The van der Waals surface area contributed by atoms with E-state index < -0.39 is 36.7 Å². The van der Waals surface area contributed by atoms with Crippen LogP contribution in [0.15, 0.2) is 18.5 Å². The molecule has 0 bridgehead atoms. The van der Waals surface area contributed by atoms with Crippen LogP contribution in [-0.4, -0.2) is 61.4 Å². The SMILES string of the molecule is Cn1cc(CN2CCN(C(=O)Cn3nc(C(F)F)cc3C(F)F)CC2)cn1. The predicted molar refractivity (Wildman–Crippen MR) is 87.2 cm³/mol. The maximum atomic E-state index is 13.0. The molecule has 0 radical (unpaired) electrons. The van der Waals surface area contributed by atoms with Gasteiger partial charge in [-0.25, -0.2) is 17.6 Å². The number of piperazine rings is 1. The fourth-order valence-corrected chi connectivity index (χ4v) is 3.06. The van der Waals surface area contributed by atoms with Gasteiger partial charge in [0.1, 0.15) is 17.9 Å². The topological polar surface area (TPSA) is 59.2 Å². The van der Waals surface area contributed by atoms with Gasteiger partial charge in [-0.15, -0.1) is 0 Å². The molecule has 3 rings (SSSR count). The van der Waals surface area contributed by atoms with E-state index >= 15 is 0 Å². The standard InChI is InChI=1S/C16H20F4N6O/c1-23-8-11(7-21-23)9-24-2-4-25(5-3-24)14(27)10-26-13(16(19)20)6-12(22-26)15(17)18/h6-8,15-16H,2-5,9-10H2,1H3. The first-order valence-corrected chi connectivity index (χ1v) is 8.45. The van der Waals surface area contributed by atoms with Crippen LogP contribution in [0.1, 0.15) is 29.8 Å². The Bertz CT molecular complexity index is 782. The van der Waals surface area contributed by atoms with Crippen molar-refractivity contribution in [3.63, 3.8) is 0 Å². The molecule has 0 aromatic carbocycles. The summed E-state index contributed by atoms with van der Waals surface area (Å²) in [6, 6.07) is 0.647. The van der Waals surface area contributed by atoms with E-state index in [-0.39, 0.29) is 0 Å². The quantitative estimate of drug-likeness (QED) is 0.709. The molecule has 1 aliphatic heterocycles. The van der Waals surface area contributed by atoms with Gasteiger partial charge in [-0.2, -0.15) is 10.2 Å². The van der Waals surface area contributed by atoms with E-state index in [0.717, 1.165) is 5.56 Å². The van der Waals surface area contributed by atoms with E-state index in [1.54, 1.807) is 15.8 Å². The van der Waals surface area contributed by atoms with Crippen LogP contribution in [0.5, 0.6) is 0 Å². The Hall–Kier alpha value is -2.43. The Morgan fingerprint density at radius 2 is 1.85 bits per heavy atom. The number of carbonyl (C=O) groups excluding carboxylic acids is 1. The number of hydrogen-bond donors (Lipinski definition) is 0.